The first-order chi connectivity index (χ1) is 12.0. The lowest BCUT2D eigenvalue weighted by molar-refractivity contribution is 0.0946. The maximum atomic E-state index is 13.9. The molecule has 0 aliphatic heterocycles. The summed E-state index contributed by atoms with van der Waals surface area (Å²) >= 11 is 0. The largest absolute Gasteiger partial charge is 0.483 e. The molecule has 1 aromatic carbocycles. The third-order valence-corrected chi connectivity index (χ3v) is 4.04. The van der Waals surface area contributed by atoms with E-state index in [-0.39, 0.29) is 29.1 Å². The molecule has 0 bridgehead atoms. The van der Waals surface area contributed by atoms with Crippen molar-refractivity contribution in [3.63, 3.8) is 0 Å². The van der Waals surface area contributed by atoms with Crippen LogP contribution in [0.4, 0.5) is 4.39 Å². The van der Waals surface area contributed by atoms with Crippen molar-refractivity contribution in [2.75, 3.05) is 7.05 Å². The molecule has 1 aromatic heterocycles. The first-order valence-corrected chi connectivity index (χ1v) is 8.16. The number of carbonyl (C=O) groups is 2. The summed E-state index contributed by atoms with van der Waals surface area (Å²) in [6, 6.07) is 7.94. The molecule has 1 aliphatic rings. The Hall–Kier alpha value is -2.83. The van der Waals surface area contributed by atoms with Gasteiger partial charge in [0.1, 0.15) is 23.3 Å². The summed E-state index contributed by atoms with van der Waals surface area (Å²) in [7, 11) is 1.48. The minimum Gasteiger partial charge on any atom is -0.483 e. The van der Waals surface area contributed by atoms with Gasteiger partial charge >= 0.3 is 0 Å². The number of rotatable bonds is 6. The molecular formula is C18H20FN3O3. The maximum Gasteiger partial charge on any atom is 0.271 e. The smallest absolute Gasteiger partial charge is 0.271 e. The van der Waals surface area contributed by atoms with Crippen molar-refractivity contribution >= 4 is 11.8 Å². The molecule has 2 aromatic rings. The SMILES string of the molecule is CNC(=O)c1[nH]c(C(=O)NC2CC2)cc1O[C@@H](C)c1ccccc1F. The third-order valence-electron chi connectivity index (χ3n) is 4.04. The summed E-state index contributed by atoms with van der Waals surface area (Å²) in [6.07, 6.45) is 1.30. The van der Waals surface area contributed by atoms with Crippen LogP contribution in [0.25, 0.3) is 0 Å². The van der Waals surface area contributed by atoms with Gasteiger partial charge in [-0.25, -0.2) is 4.39 Å². The predicted octanol–water partition coefficient (Wildman–Crippen LogP) is 2.55. The highest BCUT2D eigenvalue weighted by molar-refractivity contribution is 5.99. The van der Waals surface area contributed by atoms with E-state index in [1.807, 2.05) is 0 Å². The molecule has 0 saturated heterocycles. The quantitative estimate of drug-likeness (QED) is 0.752. The highest BCUT2D eigenvalue weighted by atomic mass is 19.1. The summed E-state index contributed by atoms with van der Waals surface area (Å²) in [5.41, 5.74) is 0.739. The van der Waals surface area contributed by atoms with Gasteiger partial charge < -0.3 is 20.4 Å². The molecule has 132 valence electrons. The first-order valence-electron chi connectivity index (χ1n) is 8.16. The molecule has 3 rings (SSSR count). The van der Waals surface area contributed by atoms with E-state index < -0.39 is 17.8 Å². The highest BCUT2D eigenvalue weighted by Crippen LogP contribution is 2.28. The lowest BCUT2D eigenvalue weighted by Crippen LogP contribution is -2.26. The first kappa shape index (κ1) is 17.0. The molecule has 1 heterocycles. The molecule has 0 radical (unpaired) electrons. The van der Waals surface area contributed by atoms with Crippen molar-refractivity contribution in [3.05, 3.63) is 53.1 Å². The minimum absolute atomic E-state index is 0.131. The van der Waals surface area contributed by atoms with Crippen LogP contribution in [-0.2, 0) is 0 Å². The van der Waals surface area contributed by atoms with Gasteiger partial charge in [-0.15, -0.1) is 0 Å². The van der Waals surface area contributed by atoms with E-state index in [4.69, 9.17) is 4.74 Å². The summed E-state index contributed by atoms with van der Waals surface area (Å²) in [6.45, 7) is 1.68. The zero-order valence-corrected chi connectivity index (χ0v) is 14.1. The number of hydrogen-bond donors (Lipinski definition) is 3. The molecule has 0 unspecified atom stereocenters. The fourth-order valence-corrected chi connectivity index (χ4v) is 2.49. The molecule has 7 heteroatoms. The van der Waals surface area contributed by atoms with E-state index in [0.717, 1.165) is 12.8 Å². The molecule has 25 heavy (non-hydrogen) atoms. The van der Waals surface area contributed by atoms with Crippen LogP contribution < -0.4 is 15.4 Å². The van der Waals surface area contributed by atoms with E-state index in [9.17, 15) is 14.0 Å². The second-order valence-corrected chi connectivity index (χ2v) is 6.03. The molecular weight excluding hydrogens is 325 g/mol. The van der Waals surface area contributed by atoms with Crippen molar-refractivity contribution < 1.29 is 18.7 Å². The Bertz CT molecular complexity index is 799. The number of nitrogens with one attached hydrogen (secondary N) is 3. The van der Waals surface area contributed by atoms with Gasteiger partial charge in [0.2, 0.25) is 0 Å². The normalized spacial score (nSPS) is 14.7. The Morgan fingerprint density at radius 2 is 2.00 bits per heavy atom. The van der Waals surface area contributed by atoms with Crippen LogP contribution in [0.1, 0.15) is 52.4 Å². The predicted molar refractivity (Wildman–Crippen MR) is 90.1 cm³/mol. The molecule has 0 spiro atoms. The number of halogens is 1. The summed E-state index contributed by atoms with van der Waals surface area (Å²) in [5, 5.41) is 5.34. The van der Waals surface area contributed by atoms with Gasteiger partial charge in [-0.2, -0.15) is 0 Å². The lowest BCUT2D eigenvalue weighted by atomic mass is 10.1. The van der Waals surface area contributed by atoms with Crippen LogP contribution >= 0.6 is 0 Å². The number of ether oxygens (including phenoxy) is 1. The van der Waals surface area contributed by atoms with Crippen molar-refractivity contribution in [1.82, 2.24) is 15.6 Å². The summed E-state index contributed by atoms with van der Waals surface area (Å²) < 4.78 is 19.7. The van der Waals surface area contributed by atoms with E-state index in [0.29, 0.717) is 5.56 Å². The molecule has 1 aliphatic carbocycles. The van der Waals surface area contributed by atoms with E-state index in [2.05, 4.69) is 15.6 Å². The standard InChI is InChI=1S/C18H20FN3O3/c1-10(12-5-3-4-6-13(12)19)25-15-9-14(17(23)21-11-7-8-11)22-16(15)18(24)20-2/h3-6,9-11,22H,7-8H2,1-2H3,(H,20,24)(H,21,23)/t10-/m0/s1. The van der Waals surface area contributed by atoms with Crippen molar-refractivity contribution in [1.29, 1.82) is 0 Å². The Morgan fingerprint density at radius 1 is 1.28 bits per heavy atom. The van der Waals surface area contributed by atoms with Crippen molar-refractivity contribution in [2.45, 2.75) is 31.9 Å². The van der Waals surface area contributed by atoms with Gasteiger partial charge in [-0.1, -0.05) is 18.2 Å². The Balaban J connectivity index is 1.85. The number of aromatic amines is 1. The van der Waals surface area contributed by atoms with Gasteiger partial charge in [-0.3, -0.25) is 9.59 Å². The van der Waals surface area contributed by atoms with Gasteiger partial charge in [0, 0.05) is 24.7 Å². The van der Waals surface area contributed by atoms with E-state index >= 15 is 0 Å². The number of hydrogen-bond acceptors (Lipinski definition) is 3. The van der Waals surface area contributed by atoms with Crippen LogP contribution in [0.2, 0.25) is 0 Å². The van der Waals surface area contributed by atoms with Crippen molar-refractivity contribution in [3.8, 4) is 5.75 Å². The minimum atomic E-state index is -0.625. The van der Waals surface area contributed by atoms with Crippen LogP contribution in [0, 0.1) is 5.82 Å². The van der Waals surface area contributed by atoms with Crippen LogP contribution in [0.3, 0.4) is 0 Å². The second kappa shape index (κ2) is 6.96. The zero-order valence-electron chi connectivity index (χ0n) is 14.1. The van der Waals surface area contributed by atoms with Crippen LogP contribution in [0.5, 0.6) is 5.75 Å². The Kier molecular flexibility index (Phi) is 4.74. The van der Waals surface area contributed by atoms with Crippen molar-refractivity contribution in [2.24, 2.45) is 0 Å². The monoisotopic (exact) mass is 345 g/mol. The summed E-state index contributed by atoms with van der Waals surface area (Å²) in [5.74, 6) is -0.892. The molecule has 1 fully saturated rings. The van der Waals surface area contributed by atoms with Crippen LogP contribution in [-0.4, -0.2) is 29.9 Å². The maximum absolute atomic E-state index is 13.9. The molecule has 6 nitrogen and oxygen atoms in total. The van der Waals surface area contributed by atoms with Gasteiger partial charge in [0.15, 0.2) is 5.75 Å². The van der Waals surface area contributed by atoms with E-state index in [1.165, 1.54) is 19.2 Å². The molecule has 1 saturated carbocycles. The Labute approximate surface area is 144 Å². The number of benzene rings is 1. The number of H-pyrrole nitrogens is 1. The third kappa shape index (κ3) is 3.81. The Morgan fingerprint density at radius 3 is 2.64 bits per heavy atom. The van der Waals surface area contributed by atoms with Gasteiger partial charge in [0.05, 0.1) is 0 Å². The zero-order chi connectivity index (χ0) is 18.0. The fraction of sp³-hybridized carbons (Fsp3) is 0.333. The van der Waals surface area contributed by atoms with E-state index in [1.54, 1.807) is 25.1 Å². The van der Waals surface area contributed by atoms with Crippen LogP contribution in [0.15, 0.2) is 30.3 Å². The second-order valence-electron chi connectivity index (χ2n) is 6.03. The summed E-state index contributed by atoms with van der Waals surface area (Å²) in [4.78, 5) is 27.0. The number of carbonyl (C=O) groups excluding carboxylic acids is 2. The molecule has 1 atom stereocenters. The average Bonchev–Trinajstić information content (AvgIpc) is 3.31. The topological polar surface area (TPSA) is 83.2 Å². The molecule has 3 N–H and O–H groups in total. The average molecular weight is 345 g/mol. The van der Waals surface area contributed by atoms with Gasteiger partial charge in [0.25, 0.3) is 11.8 Å². The number of aromatic nitrogens is 1. The van der Waals surface area contributed by atoms with Gasteiger partial charge in [-0.05, 0) is 25.8 Å². The fourth-order valence-electron chi connectivity index (χ4n) is 2.49. The number of amides is 2. The lowest BCUT2D eigenvalue weighted by Gasteiger charge is -2.15. The molecule has 2 amide bonds. The highest BCUT2D eigenvalue weighted by Gasteiger charge is 2.27.